The van der Waals surface area contributed by atoms with Crippen molar-refractivity contribution in [2.45, 2.75) is 24.8 Å². The predicted octanol–water partition coefficient (Wildman–Crippen LogP) is 10.5. The van der Waals surface area contributed by atoms with E-state index >= 15 is 0 Å². The third-order valence-electron chi connectivity index (χ3n) is 9.40. The maximum Gasteiger partial charge on any atom is 0.0646 e. The molecule has 4 N–H and O–H groups in total. The van der Waals surface area contributed by atoms with Crippen LogP contribution in [0.15, 0.2) is 175 Å². The molecule has 5 aromatic carbocycles. The molecule has 0 fully saturated rings. The number of nitrogens with one attached hydrogen (secondary N) is 2. The molecule has 2 aliphatic carbocycles. The highest BCUT2D eigenvalue weighted by molar-refractivity contribution is 5.92. The minimum absolute atomic E-state index is 0.190. The molecular formula is C44H38N4. The van der Waals surface area contributed by atoms with Crippen LogP contribution in [-0.4, -0.2) is 6.04 Å². The lowest BCUT2D eigenvalue weighted by Gasteiger charge is -2.34. The van der Waals surface area contributed by atoms with Crippen molar-refractivity contribution in [1.29, 1.82) is 0 Å². The van der Waals surface area contributed by atoms with Gasteiger partial charge in [-0.25, -0.2) is 0 Å². The fourth-order valence-corrected chi connectivity index (χ4v) is 7.06. The Hall–Kier alpha value is -6.00. The summed E-state index contributed by atoms with van der Waals surface area (Å²) in [7, 11) is 0. The maximum absolute atomic E-state index is 6.33. The van der Waals surface area contributed by atoms with Crippen molar-refractivity contribution < 1.29 is 0 Å². The number of nitrogens with zero attached hydrogens (tertiary/aromatic N) is 1. The summed E-state index contributed by atoms with van der Waals surface area (Å²) < 4.78 is 0. The molecule has 4 nitrogen and oxygen atoms in total. The molecule has 3 aliphatic rings. The number of allylic oxidation sites excluding steroid dienone is 5. The van der Waals surface area contributed by atoms with Crippen LogP contribution >= 0.6 is 0 Å². The Labute approximate surface area is 283 Å². The van der Waals surface area contributed by atoms with Gasteiger partial charge < -0.3 is 21.3 Å². The number of para-hydroxylation sites is 3. The lowest BCUT2D eigenvalue weighted by Crippen LogP contribution is -2.34. The van der Waals surface area contributed by atoms with E-state index in [1.165, 1.54) is 28.1 Å². The van der Waals surface area contributed by atoms with Gasteiger partial charge in [0, 0.05) is 40.0 Å². The van der Waals surface area contributed by atoms with Crippen molar-refractivity contribution >= 4 is 40.1 Å². The van der Waals surface area contributed by atoms with Gasteiger partial charge in [0.15, 0.2) is 0 Å². The zero-order valence-electron chi connectivity index (χ0n) is 26.8. The molecule has 0 bridgehead atoms. The molecule has 2 atom stereocenters. The van der Waals surface area contributed by atoms with Crippen LogP contribution < -0.4 is 21.3 Å². The van der Waals surface area contributed by atoms with Crippen molar-refractivity contribution in [3.8, 4) is 0 Å². The fourth-order valence-electron chi connectivity index (χ4n) is 7.06. The van der Waals surface area contributed by atoms with Gasteiger partial charge >= 0.3 is 0 Å². The lowest BCUT2D eigenvalue weighted by molar-refractivity contribution is 0.699. The summed E-state index contributed by atoms with van der Waals surface area (Å²) in [6, 6.07) is 46.7. The zero-order chi connectivity index (χ0) is 32.3. The van der Waals surface area contributed by atoms with E-state index in [0.717, 1.165) is 46.7 Å². The molecule has 5 aromatic rings. The predicted molar refractivity (Wildman–Crippen MR) is 203 cm³/mol. The Morgan fingerprint density at radius 1 is 0.750 bits per heavy atom. The molecule has 8 rings (SSSR count). The van der Waals surface area contributed by atoms with Crippen molar-refractivity contribution in [3.63, 3.8) is 0 Å². The normalized spacial score (nSPS) is 18.3. The summed E-state index contributed by atoms with van der Waals surface area (Å²) in [5.74, 6) is 0.262. The molecule has 2 unspecified atom stereocenters. The number of rotatable bonds is 8. The van der Waals surface area contributed by atoms with Gasteiger partial charge in [-0.15, -0.1) is 0 Å². The SMILES string of the molecule is Nc1ccccc1N/C(=C/c1ccccc1)c1ccc(NC2=CC3C(C=C2c2ccccc2)c2ccccc2N3C2=CC=CCC2)cc1. The minimum atomic E-state index is 0.190. The molecule has 234 valence electrons. The second-order valence-electron chi connectivity index (χ2n) is 12.5. The smallest absolute Gasteiger partial charge is 0.0646 e. The molecule has 4 heteroatoms. The number of anilines is 4. The minimum Gasteiger partial charge on any atom is -0.397 e. The lowest BCUT2D eigenvalue weighted by atomic mass is 9.84. The summed E-state index contributed by atoms with van der Waals surface area (Å²) in [5.41, 5.74) is 19.7. The van der Waals surface area contributed by atoms with Crippen LogP contribution in [0.5, 0.6) is 0 Å². The highest BCUT2D eigenvalue weighted by Crippen LogP contribution is 2.49. The molecule has 48 heavy (non-hydrogen) atoms. The van der Waals surface area contributed by atoms with E-state index in [1.807, 2.05) is 30.3 Å². The average molecular weight is 623 g/mol. The Morgan fingerprint density at radius 2 is 1.48 bits per heavy atom. The molecule has 1 aliphatic heterocycles. The number of benzene rings is 5. The van der Waals surface area contributed by atoms with E-state index in [2.05, 4.69) is 155 Å². The van der Waals surface area contributed by atoms with Gasteiger partial charge in [-0.05, 0) is 83.7 Å². The maximum atomic E-state index is 6.33. The van der Waals surface area contributed by atoms with E-state index in [0.29, 0.717) is 5.69 Å². The number of nitrogen functional groups attached to an aromatic ring is 1. The van der Waals surface area contributed by atoms with E-state index < -0.39 is 0 Å². The van der Waals surface area contributed by atoms with Crippen molar-refractivity contribution in [3.05, 3.63) is 197 Å². The first kappa shape index (κ1) is 29.4. The highest BCUT2D eigenvalue weighted by atomic mass is 15.2. The van der Waals surface area contributed by atoms with Crippen LogP contribution in [0.3, 0.4) is 0 Å². The molecular weight excluding hydrogens is 585 g/mol. The average Bonchev–Trinajstić information content (AvgIpc) is 3.46. The summed E-state index contributed by atoms with van der Waals surface area (Å²) in [5, 5.41) is 7.43. The Bertz CT molecular complexity index is 2090. The van der Waals surface area contributed by atoms with Crippen LogP contribution in [0.1, 0.15) is 41.0 Å². The van der Waals surface area contributed by atoms with E-state index in [9.17, 15) is 0 Å². The van der Waals surface area contributed by atoms with E-state index in [-0.39, 0.29) is 12.0 Å². The summed E-state index contributed by atoms with van der Waals surface area (Å²) in [6.07, 6.45) is 15.9. The highest BCUT2D eigenvalue weighted by Gasteiger charge is 2.40. The quantitative estimate of drug-likeness (QED) is 0.119. The largest absolute Gasteiger partial charge is 0.397 e. The van der Waals surface area contributed by atoms with Gasteiger partial charge in [-0.1, -0.05) is 121 Å². The summed E-state index contributed by atoms with van der Waals surface area (Å²) in [4.78, 5) is 2.56. The standard InChI is InChI=1S/C44H38N4/c45-39-21-11-12-22-40(39)47-41(28-31-14-4-1-5-15-31)33-24-26-34(27-25-33)46-42-30-44-38(29-37(42)32-16-6-2-7-17-32)36-20-10-13-23-43(36)48(44)35-18-8-3-9-19-35/h1-8,10-18,20-30,38,44,46-47H,9,19,45H2/b41-28+. The molecule has 0 radical (unpaired) electrons. The van der Waals surface area contributed by atoms with Crippen molar-refractivity contribution in [2.24, 2.45) is 0 Å². The first-order valence-corrected chi connectivity index (χ1v) is 16.7. The second-order valence-corrected chi connectivity index (χ2v) is 12.5. The van der Waals surface area contributed by atoms with Crippen LogP contribution in [0.4, 0.5) is 22.7 Å². The summed E-state index contributed by atoms with van der Waals surface area (Å²) >= 11 is 0. The number of hydrogen-bond donors (Lipinski definition) is 3. The Morgan fingerprint density at radius 3 is 2.25 bits per heavy atom. The van der Waals surface area contributed by atoms with Gasteiger partial charge in [0.05, 0.1) is 17.4 Å². The third-order valence-corrected chi connectivity index (χ3v) is 9.40. The number of fused-ring (bicyclic) bond motifs is 3. The molecule has 1 heterocycles. The molecule has 0 spiro atoms. The van der Waals surface area contributed by atoms with Gasteiger partial charge in [0.25, 0.3) is 0 Å². The van der Waals surface area contributed by atoms with Crippen LogP contribution in [0.2, 0.25) is 0 Å². The van der Waals surface area contributed by atoms with Crippen LogP contribution in [0, 0.1) is 0 Å². The Balaban J connectivity index is 1.15. The van der Waals surface area contributed by atoms with Crippen LogP contribution in [0.25, 0.3) is 17.3 Å². The van der Waals surface area contributed by atoms with Gasteiger partial charge in [-0.3, -0.25) is 0 Å². The first-order valence-electron chi connectivity index (χ1n) is 16.7. The monoisotopic (exact) mass is 622 g/mol. The van der Waals surface area contributed by atoms with E-state index in [4.69, 9.17) is 5.73 Å². The molecule has 0 saturated carbocycles. The van der Waals surface area contributed by atoms with Crippen LogP contribution in [-0.2, 0) is 0 Å². The number of nitrogens with two attached hydrogens (primary N) is 1. The topological polar surface area (TPSA) is 53.3 Å². The molecule has 0 amide bonds. The number of hydrogen-bond acceptors (Lipinski definition) is 4. The third kappa shape index (κ3) is 5.85. The van der Waals surface area contributed by atoms with E-state index in [1.54, 1.807) is 0 Å². The zero-order valence-corrected chi connectivity index (χ0v) is 26.8. The molecule has 0 saturated heterocycles. The first-order chi connectivity index (χ1) is 23.7. The van der Waals surface area contributed by atoms with Gasteiger partial charge in [0.2, 0.25) is 0 Å². The fraction of sp³-hybridized carbons (Fsp3) is 0.0909. The van der Waals surface area contributed by atoms with Crippen molar-refractivity contribution in [2.75, 3.05) is 21.3 Å². The van der Waals surface area contributed by atoms with Gasteiger partial charge in [0.1, 0.15) is 0 Å². The van der Waals surface area contributed by atoms with Crippen molar-refractivity contribution in [1.82, 2.24) is 0 Å². The Kier molecular flexibility index (Phi) is 7.97. The second kappa shape index (κ2) is 13.0. The summed E-state index contributed by atoms with van der Waals surface area (Å²) in [6.45, 7) is 0. The van der Waals surface area contributed by atoms with Gasteiger partial charge in [-0.2, -0.15) is 0 Å². The molecule has 0 aromatic heterocycles.